The van der Waals surface area contributed by atoms with Crippen LogP contribution in [0.4, 0.5) is 5.69 Å². The van der Waals surface area contributed by atoms with Gasteiger partial charge in [0.15, 0.2) is 0 Å². The van der Waals surface area contributed by atoms with Gasteiger partial charge in [-0.2, -0.15) is 0 Å². The van der Waals surface area contributed by atoms with Gasteiger partial charge in [0.25, 0.3) is 5.91 Å². The summed E-state index contributed by atoms with van der Waals surface area (Å²) >= 11 is 11.7. The largest absolute Gasteiger partial charge is 0.384 e. The number of benzene rings is 2. The van der Waals surface area contributed by atoms with Crippen molar-refractivity contribution in [2.45, 2.75) is 0 Å². The summed E-state index contributed by atoms with van der Waals surface area (Å²) in [6.07, 6.45) is 0. The van der Waals surface area contributed by atoms with E-state index in [2.05, 4.69) is 17.2 Å². The van der Waals surface area contributed by atoms with E-state index < -0.39 is 0 Å². The van der Waals surface area contributed by atoms with Crippen LogP contribution in [-0.4, -0.2) is 17.6 Å². The Morgan fingerprint density at radius 1 is 1.10 bits per heavy atom. The van der Waals surface area contributed by atoms with E-state index in [4.69, 9.17) is 28.3 Å². The number of aliphatic hydroxyl groups excluding tert-OH is 1. The Hall–Kier alpha value is -1.99. The number of halogens is 2. The zero-order valence-corrected chi connectivity index (χ0v) is 12.4. The smallest absolute Gasteiger partial charge is 0.255 e. The van der Waals surface area contributed by atoms with Gasteiger partial charge >= 0.3 is 0 Å². The molecule has 0 unspecified atom stereocenters. The molecule has 0 spiro atoms. The fourth-order valence-electron chi connectivity index (χ4n) is 1.62. The maximum absolute atomic E-state index is 12.1. The second kappa shape index (κ2) is 7.14. The van der Waals surface area contributed by atoms with Crippen LogP contribution in [0.3, 0.4) is 0 Å². The third kappa shape index (κ3) is 4.24. The van der Waals surface area contributed by atoms with Crippen LogP contribution in [0.2, 0.25) is 10.0 Å². The van der Waals surface area contributed by atoms with E-state index in [1.165, 1.54) is 0 Å². The van der Waals surface area contributed by atoms with Gasteiger partial charge in [0.1, 0.15) is 6.61 Å². The molecule has 21 heavy (non-hydrogen) atoms. The number of hydrogen-bond donors (Lipinski definition) is 2. The molecule has 0 heterocycles. The number of carbonyl (C=O) groups is 1. The molecule has 3 nitrogen and oxygen atoms in total. The number of hydrogen-bond acceptors (Lipinski definition) is 2. The lowest BCUT2D eigenvalue weighted by atomic mass is 10.1. The standard InChI is InChI=1S/C16H11Cl2NO2/c17-14-8-7-13(10-15(14)18)19-16(21)12-5-3-11(4-6-12)2-1-9-20/h3-8,10,20H,9H2,(H,19,21). The number of aliphatic hydroxyl groups is 1. The van der Waals surface area contributed by atoms with Gasteiger partial charge in [0.2, 0.25) is 0 Å². The van der Waals surface area contributed by atoms with E-state index >= 15 is 0 Å². The molecule has 2 aromatic carbocycles. The quantitative estimate of drug-likeness (QED) is 0.831. The molecule has 106 valence electrons. The second-order valence-corrected chi connectivity index (χ2v) is 4.93. The molecule has 0 aliphatic carbocycles. The van der Waals surface area contributed by atoms with Gasteiger partial charge in [-0.3, -0.25) is 4.79 Å². The average molecular weight is 320 g/mol. The minimum Gasteiger partial charge on any atom is -0.384 e. The fourth-order valence-corrected chi connectivity index (χ4v) is 1.92. The van der Waals surface area contributed by atoms with Crippen LogP contribution >= 0.6 is 23.2 Å². The number of rotatable bonds is 2. The van der Waals surface area contributed by atoms with Crippen molar-refractivity contribution >= 4 is 34.8 Å². The molecule has 1 amide bonds. The molecule has 0 atom stereocenters. The van der Waals surface area contributed by atoms with Crippen LogP contribution in [-0.2, 0) is 0 Å². The van der Waals surface area contributed by atoms with Crippen molar-refractivity contribution in [3.63, 3.8) is 0 Å². The van der Waals surface area contributed by atoms with Crippen molar-refractivity contribution in [1.29, 1.82) is 0 Å². The molecule has 0 radical (unpaired) electrons. The number of amides is 1. The topological polar surface area (TPSA) is 49.3 Å². The number of anilines is 1. The number of nitrogens with one attached hydrogen (secondary N) is 1. The summed E-state index contributed by atoms with van der Waals surface area (Å²) in [4.78, 5) is 12.1. The maximum Gasteiger partial charge on any atom is 0.255 e. The van der Waals surface area contributed by atoms with Crippen molar-refractivity contribution in [2.24, 2.45) is 0 Å². The molecular weight excluding hydrogens is 309 g/mol. The highest BCUT2D eigenvalue weighted by molar-refractivity contribution is 6.42. The van der Waals surface area contributed by atoms with Gasteiger partial charge in [0, 0.05) is 16.8 Å². The summed E-state index contributed by atoms with van der Waals surface area (Å²) in [5.74, 6) is 5.05. The Morgan fingerprint density at radius 2 is 1.81 bits per heavy atom. The van der Waals surface area contributed by atoms with E-state index in [-0.39, 0.29) is 12.5 Å². The van der Waals surface area contributed by atoms with Crippen molar-refractivity contribution in [3.05, 3.63) is 63.6 Å². The highest BCUT2D eigenvalue weighted by Crippen LogP contribution is 2.25. The maximum atomic E-state index is 12.1. The molecule has 0 aliphatic rings. The van der Waals surface area contributed by atoms with E-state index in [0.29, 0.717) is 21.3 Å². The van der Waals surface area contributed by atoms with Gasteiger partial charge in [0.05, 0.1) is 10.0 Å². The first-order valence-electron chi connectivity index (χ1n) is 6.06. The lowest BCUT2D eigenvalue weighted by Gasteiger charge is -2.06. The van der Waals surface area contributed by atoms with Gasteiger partial charge in [-0.05, 0) is 42.5 Å². The summed E-state index contributed by atoms with van der Waals surface area (Å²) in [6.45, 7) is -0.195. The molecule has 2 rings (SSSR count). The molecule has 0 aromatic heterocycles. The SMILES string of the molecule is O=C(Nc1ccc(Cl)c(Cl)c1)c1ccc(C#CCO)cc1. The van der Waals surface area contributed by atoms with Crippen LogP contribution in [0.5, 0.6) is 0 Å². The lowest BCUT2D eigenvalue weighted by molar-refractivity contribution is 0.102. The molecule has 0 aliphatic heterocycles. The summed E-state index contributed by atoms with van der Waals surface area (Å²) in [5.41, 5.74) is 1.80. The summed E-state index contributed by atoms with van der Waals surface area (Å²) < 4.78 is 0. The van der Waals surface area contributed by atoms with Gasteiger partial charge in [-0.25, -0.2) is 0 Å². The average Bonchev–Trinajstić information content (AvgIpc) is 2.49. The van der Waals surface area contributed by atoms with Crippen molar-refractivity contribution in [3.8, 4) is 11.8 Å². The Balaban J connectivity index is 2.11. The van der Waals surface area contributed by atoms with Crippen LogP contribution in [0.15, 0.2) is 42.5 Å². The molecule has 0 fully saturated rings. The molecule has 2 N–H and O–H groups in total. The second-order valence-electron chi connectivity index (χ2n) is 4.12. The van der Waals surface area contributed by atoms with Gasteiger partial charge in [-0.1, -0.05) is 35.0 Å². The zero-order chi connectivity index (χ0) is 15.2. The summed E-state index contributed by atoms with van der Waals surface area (Å²) in [6, 6.07) is 11.6. The van der Waals surface area contributed by atoms with Crippen LogP contribution in [0.1, 0.15) is 15.9 Å². The Kier molecular flexibility index (Phi) is 5.24. The van der Waals surface area contributed by atoms with E-state index in [0.717, 1.165) is 5.56 Å². The Morgan fingerprint density at radius 3 is 2.43 bits per heavy atom. The summed E-state index contributed by atoms with van der Waals surface area (Å²) in [7, 11) is 0. The first-order chi connectivity index (χ1) is 10.1. The minimum absolute atomic E-state index is 0.195. The van der Waals surface area contributed by atoms with Crippen molar-refractivity contribution in [1.82, 2.24) is 0 Å². The first kappa shape index (κ1) is 15.4. The molecule has 0 bridgehead atoms. The van der Waals surface area contributed by atoms with Gasteiger partial charge in [-0.15, -0.1) is 0 Å². The monoisotopic (exact) mass is 319 g/mol. The van der Waals surface area contributed by atoms with Crippen LogP contribution in [0, 0.1) is 11.8 Å². The molecule has 0 saturated heterocycles. The molecule has 2 aromatic rings. The Labute approximate surface area is 132 Å². The lowest BCUT2D eigenvalue weighted by Crippen LogP contribution is -2.11. The third-order valence-electron chi connectivity index (χ3n) is 2.64. The van der Waals surface area contributed by atoms with E-state index in [1.54, 1.807) is 42.5 Å². The van der Waals surface area contributed by atoms with Crippen molar-refractivity contribution < 1.29 is 9.90 Å². The van der Waals surface area contributed by atoms with Crippen LogP contribution in [0.25, 0.3) is 0 Å². The summed E-state index contributed by atoms with van der Waals surface area (Å²) in [5, 5.41) is 12.2. The van der Waals surface area contributed by atoms with Crippen LogP contribution < -0.4 is 5.32 Å². The van der Waals surface area contributed by atoms with Gasteiger partial charge < -0.3 is 10.4 Å². The molecule has 0 saturated carbocycles. The normalized spacial score (nSPS) is 9.67. The minimum atomic E-state index is -0.255. The first-order valence-corrected chi connectivity index (χ1v) is 6.82. The highest BCUT2D eigenvalue weighted by Gasteiger charge is 2.07. The fraction of sp³-hybridized carbons (Fsp3) is 0.0625. The number of carbonyl (C=O) groups excluding carboxylic acids is 1. The van der Waals surface area contributed by atoms with E-state index in [1.807, 2.05) is 0 Å². The third-order valence-corrected chi connectivity index (χ3v) is 3.38. The predicted octanol–water partition coefficient (Wildman–Crippen LogP) is 3.59. The van der Waals surface area contributed by atoms with Crippen molar-refractivity contribution in [2.75, 3.05) is 11.9 Å². The Bertz CT molecular complexity index is 715. The highest BCUT2D eigenvalue weighted by atomic mass is 35.5. The molecule has 5 heteroatoms. The molecular formula is C16H11Cl2NO2. The predicted molar refractivity (Wildman–Crippen MR) is 84.8 cm³/mol. The zero-order valence-electron chi connectivity index (χ0n) is 10.9. The van der Waals surface area contributed by atoms with E-state index in [9.17, 15) is 4.79 Å².